The van der Waals surface area contributed by atoms with Crippen LogP contribution in [0.3, 0.4) is 0 Å². The Morgan fingerprint density at radius 1 is 1.38 bits per heavy atom. The van der Waals surface area contributed by atoms with Crippen molar-refractivity contribution in [3.8, 4) is 0 Å². The lowest BCUT2D eigenvalue weighted by Gasteiger charge is -2.25. The van der Waals surface area contributed by atoms with Crippen LogP contribution in [0.2, 0.25) is 0 Å². The lowest BCUT2D eigenvalue weighted by Crippen LogP contribution is -2.42. The molecule has 1 aromatic carbocycles. The van der Waals surface area contributed by atoms with E-state index in [1.54, 1.807) is 11.9 Å². The zero-order chi connectivity index (χ0) is 11.8. The van der Waals surface area contributed by atoms with Gasteiger partial charge in [-0.05, 0) is 12.0 Å². The highest BCUT2D eigenvalue weighted by Gasteiger charge is 2.46. The maximum absolute atomic E-state index is 12.3. The molecule has 1 atom stereocenters. The molecule has 0 radical (unpaired) electrons. The Kier molecular flexibility index (Phi) is 2.46. The number of rotatable bonds is 2. The van der Waals surface area contributed by atoms with Gasteiger partial charge in [-0.2, -0.15) is 0 Å². The fraction of sp³-hybridized carbons (Fsp3) is 0.308. The predicted molar refractivity (Wildman–Crippen MR) is 63.5 cm³/mol. The van der Waals surface area contributed by atoms with Gasteiger partial charge in [0.15, 0.2) is 0 Å². The predicted octanol–water partition coefficient (Wildman–Crippen LogP) is 1.82. The summed E-state index contributed by atoms with van der Waals surface area (Å²) in [5.41, 5.74) is 0.362. The molecule has 84 valence electrons. The number of amides is 1. The van der Waals surface area contributed by atoms with E-state index in [2.05, 4.69) is 11.9 Å². The van der Waals surface area contributed by atoms with Crippen molar-refractivity contribution in [2.45, 2.75) is 18.9 Å². The fourth-order valence-electron chi connectivity index (χ4n) is 2.15. The lowest BCUT2D eigenvalue weighted by molar-refractivity contribution is -0.131. The molecule has 2 rings (SSSR count). The first-order valence-corrected chi connectivity index (χ1v) is 5.42. The molecule has 0 aromatic heterocycles. The smallest absolute Gasteiger partial charge is 0.258 e. The van der Waals surface area contributed by atoms with Gasteiger partial charge in [0.05, 0.1) is 0 Å². The topological polar surface area (TPSA) is 32.3 Å². The molecule has 1 amide bonds. The van der Waals surface area contributed by atoms with E-state index in [4.69, 9.17) is 0 Å². The second-order valence-electron chi connectivity index (χ2n) is 4.06. The third-order valence-corrected chi connectivity index (χ3v) is 3.23. The van der Waals surface area contributed by atoms with E-state index >= 15 is 0 Å². The van der Waals surface area contributed by atoms with Gasteiger partial charge in [-0.25, -0.2) is 0 Å². The Hall–Kier alpha value is -1.77. The van der Waals surface area contributed by atoms with Crippen molar-refractivity contribution in [2.24, 2.45) is 0 Å². The van der Waals surface area contributed by atoms with Crippen molar-refractivity contribution in [3.63, 3.8) is 0 Å². The summed E-state index contributed by atoms with van der Waals surface area (Å²) in [5, 5.41) is 3.21. The molecule has 0 aliphatic carbocycles. The minimum absolute atomic E-state index is 0.0613. The summed E-state index contributed by atoms with van der Waals surface area (Å²) in [6.45, 7) is 5.85. The van der Waals surface area contributed by atoms with Crippen LogP contribution in [0.25, 0.3) is 0 Å². The summed E-state index contributed by atoms with van der Waals surface area (Å²) in [6.07, 6.45) is 0.708. The highest BCUT2D eigenvalue weighted by atomic mass is 16.2. The molecule has 1 fully saturated rings. The third-order valence-electron chi connectivity index (χ3n) is 3.23. The van der Waals surface area contributed by atoms with Gasteiger partial charge in [-0.3, -0.25) is 9.69 Å². The minimum atomic E-state index is -0.632. The van der Waals surface area contributed by atoms with E-state index in [0.717, 1.165) is 5.56 Å². The van der Waals surface area contributed by atoms with Crippen molar-refractivity contribution >= 4 is 5.91 Å². The SMILES string of the molecule is C=C1NC(CC)(c2ccccc2)C(=O)N1C. The third kappa shape index (κ3) is 1.32. The summed E-state index contributed by atoms with van der Waals surface area (Å²) in [6, 6.07) is 9.79. The van der Waals surface area contributed by atoms with Gasteiger partial charge < -0.3 is 5.32 Å². The van der Waals surface area contributed by atoms with Crippen LogP contribution in [0.5, 0.6) is 0 Å². The van der Waals surface area contributed by atoms with Crippen molar-refractivity contribution < 1.29 is 4.79 Å². The highest BCUT2D eigenvalue weighted by molar-refractivity contribution is 5.91. The normalized spacial score (nSPS) is 24.8. The van der Waals surface area contributed by atoms with Crippen LogP contribution >= 0.6 is 0 Å². The van der Waals surface area contributed by atoms with E-state index in [0.29, 0.717) is 12.2 Å². The number of hydrogen-bond donors (Lipinski definition) is 1. The lowest BCUT2D eigenvalue weighted by atomic mass is 9.87. The Bertz CT molecular complexity index is 427. The summed E-state index contributed by atoms with van der Waals surface area (Å²) < 4.78 is 0. The van der Waals surface area contributed by atoms with Gasteiger partial charge in [-0.1, -0.05) is 43.8 Å². The molecule has 16 heavy (non-hydrogen) atoms. The molecule has 1 heterocycles. The second-order valence-corrected chi connectivity index (χ2v) is 4.06. The molecule has 1 aliphatic rings. The number of carbonyl (C=O) groups excluding carboxylic acids is 1. The van der Waals surface area contributed by atoms with E-state index < -0.39 is 5.54 Å². The zero-order valence-electron chi connectivity index (χ0n) is 9.66. The molecule has 0 spiro atoms. The van der Waals surface area contributed by atoms with E-state index in [1.165, 1.54) is 0 Å². The number of benzene rings is 1. The largest absolute Gasteiger partial charge is 0.354 e. The Morgan fingerprint density at radius 2 is 2.00 bits per heavy atom. The Balaban J connectivity index is 2.50. The summed E-state index contributed by atoms with van der Waals surface area (Å²) >= 11 is 0. The summed E-state index contributed by atoms with van der Waals surface area (Å²) in [5.74, 6) is 0.724. The van der Waals surface area contributed by atoms with Crippen molar-refractivity contribution in [2.75, 3.05) is 7.05 Å². The van der Waals surface area contributed by atoms with Gasteiger partial charge in [0.2, 0.25) is 0 Å². The molecule has 3 nitrogen and oxygen atoms in total. The van der Waals surface area contributed by atoms with Crippen LogP contribution in [0.15, 0.2) is 42.7 Å². The van der Waals surface area contributed by atoms with Gasteiger partial charge in [0, 0.05) is 7.05 Å². The number of carbonyl (C=O) groups is 1. The number of hydrogen-bond acceptors (Lipinski definition) is 2. The molecule has 1 aromatic rings. The van der Waals surface area contributed by atoms with Gasteiger partial charge in [0.1, 0.15) is 11.4 Å². The van der Waals surface area contributed by atoms with Gasteiger partial charge in [0.25, 0.3) is 5.91 Å². The van der Waals surface area contributed by atoms with Crippen LogP contribution in [-0.4, -0.2) is 17.9 Å². The minimum Gasteiger partial charge on any atom is -0.354 e. The van der Waals surface area contributed by atoms with Crippen LogP contribution < -0.4 is 5.32 Å². The molecule has 1 saturated heterocycles. The summed E-state index contributed by atoms with van der Waals surface area (Å²) in [4.78, 5) is 13.9. The fourth-order valence-corrected chi connectivity index (χ4v) is 2.15. The van der Waals surface area contributed by atoms with Crippen molar-refractivity contribution in [3.05, 3.63) is 48.3 Å². The standard InChI is InChI=1S/C13H16N2O/c1-4-13(11-8-6-5-7-9-11)12(16)15(3)10(2)14-13/h5-9,14H,2,4H2,1,3H3. The van der Waals surface area contributed by atoms with Crippen LogP contribution in [-0.2, 0) is 10.3 Å². The molecule has 1 unspecified atom stereocenters. The quantitative estimate of drug-likeness (QED) is 0.818. The average molecular weight is 216 g/mol. The molecular formula is C13H16N2O. The van der Waals surface area contributed by atoms with Crippen LogP contribution in [0.1, 0.15) is 18.9 Å². The average Bonchev–Trinajstić information content (AvgIpc) is 2.55. The van der Waals surface area contributed by atoms with E-state index in [9.17, 15) is 4.79 Å². The molecule has 1 N–H and O–H groups in total. The Morgan fingerprint density at radius 3 is 2.44 bits per heavy atom. The van der Waals surface area contributed by atoms with Crippen LogP contribution in [0.4, 0.5) is 0 Å². The molecule has 3 heteroatoms. The van der Waals surface area contributed by atoms with Crippen LogP contribution in [0, 0.1) is 0 Å². The maximum atomic E-state index is 12.3. The second kappa shape index (κ2) is 3.67. The highest BCUT2D eigenvalue weighted by Crippen LogP contribution is 2.33. The van der Waals surface area contributed by atoms with Gasteiger partial charge in [-0.15, -0.1) is 0 Å². The van der Waals surface area contributed by atoms with Crippen molar-refractivity contribution in [1.29, 1.82) is 0 Å². The number of likely N-dealkylation sites (N-methyl/N-ethyl adjacent to an activating group) is 1. The summed E-state index contributed by atoms with van der Waals surface area (Å²) in [7, 11) is 1.75. The molecule has 1 aliphatic heterocycles. The molecular weight excluding hydrogens is 200 g/mol. The van der Waals surface area contributed by atoms with Crippen molar-refractivity contribution in [1.82, 2.24) is 10.2 Å². The molecule has 0 saturated carbocycles. The van der Waals surface area contributed by atoms with E-state index in [1.807, 2.05) is 37.3 Å². The maximum Gasteiger partial charge on any atom is 0.258 e. The zero-order valence-corrected chi connectivity index (χ0v) is 9.66. The first kappa shape index (κ1) is 10.7. The first-order chi connectivity index (χ1) is 7.62. The first-order valence-electron chi connectivity index (χ1n) is 5.42. The monoisotopic (exact) mass is 216 g/mol. The Labute approximate surface area is 95.8 Å². The number of nitrogens with one attached hydrogen (secondary N) is 1. The van der Waals surface area contributed by atoms with Gasteiger partial charge >= 0.3 is 0 Å². The molecule has 0 bridgehead atoms. The number of nitrogens with zero attached hydrogens (tertiary/aromatic N) is 1. The van der Waals surface area contributed by atoms with E-state index in [-0.39, 0.29) is 5.91 Å².